The van der Waals surface area contributed by atoms with Crippen LogP contribution in [0.3, 0.4) is 0 Å². The van der Waals surface area contributed by atoms with E-state index >= 15 is 0 Å². The monoisotopic (exact) mass is 290 g/mol. The molecule has 0 saturated heterocycles. The molecule has 4 nitrogen and oxygen atoms in total. The summed E-state index contributed by atoms with van der Waals surface area (Å²) in [5, 5.41) is 12.6. The molecule has 6 heteroatoms. The van der Waals surface area contributed by atoms with E-state index in [1.807, 2.05) is 0 Å². The second-order valence-electron chi connectivity index (χ2n) is 4.72. The summed E-state index contributed by atoms with van der Waals surface area (Å²) in [5.41, 5.74) is 0.384. The lowest BCUT2D eigenvalue weighted by Crippen LogP contribution is -2.38. The lowest BCUT2D eigenvalue weighted by Gasteiger charge is -2.27. The Morgan fingerprint density at radius 1 is 1.39 bits per heavy atom. The summed E-state index contributed by atoms with van der Waals surface area (Å²) in [6.45, 7) is 0.239. The first kappa shape index (κ1) is 13.7. The summed E-state index contributed by atoms with van der Waals surface area (Å²) >= 11 is 11.5. The maximum Gasteiger partial charge on any atom is 0.268 e. The third kappa shape index (κ3) is 3.19. The van der Waals surface area contributed by atoms with Gasteiger partial charge in [-0.3, -0.25) is 4.79 Å². The molecule has 0 aliphatic heterocycles. The largest absolute Gasteiger partial charge is 0.396 e. The van der Waals surface area contributed by atoms with Crippen LogP contribution in [0.5, 0.6) is 0 Å². The smallest absolute Gasteiger partial charge is 0.268 e. The van der Waals surface area contributed by atoms with Crippen LogP contribution in [-0.2, 0) is 0 Å². The van der Waals surface area contributed by atoms with Crippen molar-refractivity contribution in [1.82, 2.24) is 10.3 Å². The summed E-state index contributed by atoms with van der Waals surface area (Å²) in [6, 6.07) is 1.69. The van der Waals surface area contributed by atoms with Crippen LogP contribution < -0.4 is 5.32 Å². The molecule has 1 fully saturated rings. The van der Waals surface area contributed by atoms with Crippen LogP contribution in [0.15, 0.2) is 6.07 Å². The molecule has 1 aromatic rings. The summed E-state index contributed by atoms with van der Waals surface area (Å²) in [4.78, 5) is 14.7. The van der Waals surface area contributed by atoms with Gasteiger partial charge in [0.1, 0.15) is 10.8 Å². The van der Waals surface area contributed by atoms with Gasteiger partial charge in [0.05, 0.1) is 5.02 Å². The first-order valence-corrected chi connectivity index (χ1v) is 6.81. The highest BCUT2D eigenvalue weighted by atomic mass is 35.5. The molecule has 0 radical (unpaired) electrons. The number of hydrogen-bond donors (Lipinski definition) is 3. The van der Waals surface area contributed by atoms with E-state index in [-0.39, 0.29) is 23.7 Å². The van der Waals surface area contributed by atoms with Crippen molar-refractivity contribution in [2.45, 2.75) is 31.7 Å². The van der Waals surface area contributed by atoms with Crippen molar-refractivity contribution in [3.05, 3.63) is 21.9 Å². The van der Waals surface area contributed by atoms with Crippen molar-refractivity contribution in [1.29, 1.82) is 0 Å². The molecule has 1 heterocycles. The van der Waals surface area contributed by atoms with Crippen LogP contribution >= 0.6 is 23.2 Å². The Morgan fingerprint density at radius 3 is 2.56 bits per heavy atom. The first-order valence-electron chi connectivity index (χ1n) is 6.06. The molecule has 3 N–H and O–H groups in total. The van der Waals surface area contributed by atoms with Crippen LogP contribution in [0.4, 0.5) is 0 Å². The van der Waals surface area contributed by atoms with Crippen molar-refractivity contribution in [2.24, 2.45) is 5.92 Å². The third-order valence-electron chi connectivity index (χ3n) is 3.41. The minimum atomic E-state index is -0.184. The molecule has 0 bridgehead atoms. The van der Waals surface area contributed by atoms with Gasteiger partial charge < -0.3 is 15.4 Å². The van der Waals surface area contributed by atoms with E-state index in [4.69, 9.17) is 28.3 Å². The standard InChI is InChI=1S/C12H16Cl2N2O2/c13-9-5-10(16-11(9)14)12(18)15-8-3-1-7(6-17)2-4-8/h5,7-8,16-17H,1-4,6H2,(H,15,18). The van der Waals surface area contributed by atoms with Crippen molar-refractivity contribution in [3.8, 4) is 0 Å². The van der Waals surface area contributed by atoms with Crippen LogP contribution in [0.1, 0.15) is 36.2 Å². The van der Waals surface area contributed by atoms with Gasteiger partial charge in [-0.1, -0.05) is 23.2 Å². The molecule has 0 aromatic carbocycles. The molecule has 1 aliphatic rings. The molecule has 1 amide bonds. The van der Waals surface area contributed by atoms with E-state index in [0.717, 1.165) is 25.7 Å². The molecular weight excluding hydrogens is 275 g/mol. The minimum Gasteiger partial charge on any atom is -0.396 e. The van der Waals surface area contributed by atoms with Crippen LogP contribution in [0.25, 0.3) is 0 Å². The van der Waals surface area contributed by atoms with Crippen LogP contribution in [0, 0.1) is 5.92 Å². The molecule has 0 unspecified atom stereocenters. The second kappa shape index (κ2) is 5.95. The molecular formula is C12H16Cl2N2O2. The number of rotatable bonds is 3. The molecule has 1 aromatic heterocycles. The Morgan fingerprint density at radius 2 is 2.06 bits per heavy atom. The summed E-state index contributed by atoms with van der Waals surface area (Å²) in [5.74, 6) is 0.198. The number of H-pyrrole nitrogens is 1. The zero-order valence-corrected chi connectivity index (χ0v) is 11.4. The normalized spacial score (nSPS) is 23.9. The minimum absolute atomic E-state index is 0.168. The number of aliphatic hydroxyl groups is 1. The van der Waals surface area contributed by atoms with Gasteiger partial charge in [0.25, 0.3) is 5.91 Å². The molecule has 100 valence electrons. The van der Waals surface area contributed by atoms with E-state index < -0.39 is 0 Å². The Hall–Kier alpha value is -0.710. The van der Waals surface area contributed by atoms with Crippen molar-refractivity contribution < 1.29 is 9.90 Å². The summed E-state index contributed by atoms with van der Waals surface area (Å²) < 4.78 is 0. The van der Waals surface area contributed by atoms with E-state index in [2.05, 4.69) is 10.3 Å². The summed E-state index contributed by atoms with van der Waals surface area (Å²) in [7, 11) is 0. The topological polar surface area (TPSA) is 65.1 Å². The van der Waals surface area contributed by atoms with Crippen LogP contribution in [0.2, 0.25) is 10.2 Å². The number of aromatic amines is 1. The highest BCUT2D eigenvalue weighted by Gasteiger charge is 2.23. The Bertz CT molecular complexity index is 406. The Labute approximate surface area is 116 Å². The van der Waals surface area contributed by atoms with Gasteiger partial charge >= 0.3 is 0 Å². The number of aliphatic hydroxyl groups excluding tert-OH is 1. The zero-order chi connectivity index (χ0) is 13.1. The number of hydrogen-bond acceptors (Lipinski definition) is 2. The average molecular weight is 291 g/mol. The summed E-state index contributed by atoms with van der Waals surface area (Å²) in [6.07, 6.45) is 3.71. The third-order valence-corrected chi connectivity index (χ3v) is 4.10. The Balaban J connectivity index is 1.88. The number of nitrogens with one attached hydrogen (secondary N) is 2. The van der Waals surface area contributed by atoms with E-state index in [1.54, 1.807) is 0 Å². The van der Waals surface area contributed by atoms with Gasteiger partial charge in [-0.25, -0.2) is 0 Å². The number of amides is 1. The molecule has 1 saturated carbocycles. The van der Waals surface area contributed by atoms with Crippen LogP contribution in [-0.4, -0.2) is 28.6 Å². The predicted molar refractivity (Wildman–Crippen MR) is 71.1 cm³/mol. The first-order chi connectivity index (χ1) is 8.60. The lowest BCUT2D eigenvalue weighted by atomic mass is 9.86. The highest BCUT2D eigenvalue weighted by Crippen LogP contribution is 2.25. The van der Waals surface area contributed by atoms with Crippen molar-refractivity contribution >= 4 is 29.1 Å². The van der Waals surface area contributed by atoms with Gasteiger partial charge in [-0.05, 0) is 37.7 Å². The fourth-order valence-electron chi connectivity index (χ4n) is 2.28. The van der Waals surface area contributed by atoms with E-state index in [9.17, 15) is 4.79 Å². The maximum absolute atomic E-state index is 11.9. The van der Waals surface area contributed by atoms with E-state index in [0.29, 0.717) is 16.6 Å². The van der Waals surface area contributed by atoms with Gasteiger partial charge in [-0.15, -0.1) is 0 Å². The maximum atomic E-state index is 11.9. The van der Waals surface area contributed by atoms with Gasteiger partial charge in [0.2, 0.25) is 0 Å². The van der Waals surface area contributed by atoms with Gasteiger partial charge in [0, 0.05) is 12.6 Å². The lowest BCUT2D eigenvalue weighted by molar-refractivity contribution is 0.0909. The zero-order valence-electron chi connectivity index (χ0n) is 9.88. The van der Waals surface area contributed by atoms with Gasteiger partial charge in [0.15, 0.2) is 0 Å². The van der Waals surface area contributed by atoms with Gasteiger partial charge in [-0.2, -0.15) is 0 Å². The fourth-order valence-corrected chi connectivity index (χ4v) is 2.59. The molecule has 0 spiro atoms. The average Bonchev–Trinajstić information content (AvgIpc) is 2.71. The predicted octanol–water partition coefficient (Wildman–Crippen LogP) is 2.60. The van der Waals surface area contributed by atoms with Crippen molar-refractivity contribution in [2.75, 3.05) is 6.61 Å². The quantitative estimate of drug-likeness (QED) is 0.801. The number of halogens is 2. The van der Waals surface area contributed by atoms with E-state index in [1.165, 1.54) is 6.07 Å². The SMILES string of the molecule is O=C(NC1CCC(CO)CC1)c1cc(Cl)c(Cl)[nH]1. The molecule has 0 atom stereocenters. The van der Waals surface area contributed by atoms with Crippen molar-refractivity contribution in [3.63, 3.8) is 0 Å². The number of carbonyl (C=O) groups excluding carboxylic acids is 1. The Kier molecular flexibility index (Phi) is 4.54. The molecule has 18 heavy (non-hydrogen) atoms. The second-order valence-corrected chi connectivity index (χ2v) is 5.50. The fraction of sp³-hybridized carbons (Fsp3) is 0.583. The molecule has 1 aliphatic carbocycles. The number of aromatic nitrogens is 1. The highest BCUT2D eigenvalue weighted by molar-refractivity contribution is 6.41. The molecule has 2 rings (SSSR count). The number of carbonyl (C=O) groups is 1.